The smallest absolute Gasteiger partial charge is 0.200 e. The van der Waals surface area contributed by atoms with Gasteiger partial charge in [0.15, 0.2) is 69.8 Å². The average molecular weight is 698 g/mol. The molecule has 0 saturated heterocycles. The van der Waals surface area contributed by atoms with Crippen molar-refractivity contribution < 1.29 is 92.5 Å². The monoisotopic (exact) mass is 698 g/mol. The number of quaternary nitrogens is 2. The lowest BCUT2D eigenvalue weighted by Gasteiger charge is -2.33. The molecular formula is C26H14BF15N2O3. The first-order valence-electron chi connectivity index (χ1n) is 12.1. The fourth-order valence-electron chi connectivity index (χ4n) is 4.07. The zero-order chi connectivity index (χ0) is 36.6. The van der Waals surface area contributed by atoms with E-state index in [2.05, 4.69) is 11.5 Å². The van der Waals surface area contributed by atoms with Crippen molar-refractivity contribution in [1.82, 2.24) is 0 Å². The summed E-state index contributed by atoms with van der Waals surface area (Å²) in [4.78, 5) is 0. The molecular weight excluding hydrogens is 684 g/mol. The number of halogens is 15. The summed E-state index contributed by atoms with van der Waals surface area (Å²) in [6.07, 6.45) is 0. The summed E-state index contributed by atoms with van der Waals surface area (Å²) in [6.45, 7) is 0. The second-order valence-electron chi connectivity index (χ2n) is 8.28. The molecule has 0 atom stereocenters. The fraction of sp³-hybridized carbons (Fsp3) is 0.0769. The first-order valence-corrected chi connectivity index (χ1v) is 12.1. The predicted molar refractivity (Wildman–Crippen MR) is 127 cm³/mol. The van der Waals surface area contributed by atoms with Gasteiger partial charge in [-0.1, -0.05) is 13.2 Å². The Morgan fingerprint density at radius 3 is 0.915 bits per heavy atom. The number of hydrogen-bond acceptors (Lipinski definition) is 3. The molecule has 0 fully saturated rings. The highest BCUT2D eigenvalue weighted by atomic mass is 19.2. The molecule has 0 saturated carbocycles. The summed E-state index contributed by atoms with van der Waals surface area (Å²) >= 11 is 0. The van der Waals surface area contributed by atoms with Gasteiger partial charge in [-0.25, -0.2) is 65.9 Å². The standard InChI is InChI=1S/C24H2BF15O3.2CH5N/c26-9-4(10(27)16(33)21(38)15(9)32)2-1-3(25(42)43)5(7-11(28)17(34)22(39)18(35)12(7)29)6(24(2)41)8-13(30)19(36)23(40)20(37)14(8)31;2*1-2/h1,41H;2*2H2,1H3/q-2;;/p+2. The fourth-order valence-corrected chi connectivity index (χ4v) is 4.07. The van der Waals surface area contributed by atoms with Crippen molar-refractivity contribution >= 4 is 12.6 Å². The quantitative estimate of drug-likeness (QED) is 0.132. The van der Waals surface area contributed by atoms with Crippen molar-refractivity contribution in [2.45, 2.75) is 0 Å². The number of aromatic hydroxyl groups is 1. The van der Waals surface area contributed by atoms with Crippen molar-refractivity contribution in [2.75, 3.05) is 14.1 Å². The maximum atomic E-state index is 14.9. The number of hydrogen-bond donors (Lipinski definition) is 3. The normalized spacial score (nSPS) is 10.7. The van der Waals surface area contributed by atoms with Crippen LogP contribution in [0.1, 0.15) is 0 Å². The number of phenolic OH excluding ortho intramolecular Hbond substituents is 1. The molecule has 0 spiro atoms. The van der Waals surface area contributed by atoms with Crippen LogP contribution in [0.5, 0.6) is 5.75 Å². The molecule has 0 heterocycles. The van der Waals surface area contributed by atoms with Gasteiger partial charge in [0.1, 0.15) is 5.75 Å². The van der Waals surface area contributed by atoms with Crippen molar-refractivity contribution in [3.05, 3.63) is 93.3 Å². The Labute approximate surface area is 252 Å². The van der Waals surface area contributed by atoms with Gasteiger partial charge in [-0.05, 0) is 5.56 Å². The van der Waals surface area contributed by atoms with Crippen LogP contribution in [0.2, 0.25) is 0 Å². The predicted octanol–water partition coefficient (Wildman–Crippen LogP) is 2.61. The van der Waals surface area contributed by atoms with E-state index in [-0.39, 0.29) is 0 Å². The van der Waals surface area contributed by atoms with Gasteiger partial charge in [0, 0.05) is 11.1 Å². The Morgan fingerprint density at radius 2 is 0.638 bits per heavy atom. The van der Waals surface area contributed by atoms with Crippen molar-refractivity contribution in [1.29, 1.82) is 0 Å². The molecule has 0 bridgehead atoms. The Bertz CT molecular complexity index is 1800. The van der Waals surface area contributed by atoms with Gasteiger partial charge in [-0.15, -0.1) is 5.46 Å². The third-order valence-electron chi connectivity index (χ3n) is 5.98. The van der Waals surface area contributed by atoms with Gasteiger partial charge in [-0.2, -0.15) is 0 Å². The highest BCUT2D eigenvalue weighted by Crippen LogP contribution is 2.49. The molecule has 0 radical (unpaired) electrons. The third kappa shape index (κ3) is 6.06. The van der Waals surface area contributed by atoms with Crippen LogP contribution in [-0.2, 0) is 0 Å². The van der Waals surface area contributed by atoms with E-state index in [1.54, 1.807) is 14.1 Å². The van der Waals surface area contributed by atoms with E-state index in [0.29, 0.717) is 0 Å². The molecule has 0 aromatic heterocycles. The van der Waals surface area contributed by atoms with E-state index in [1.807, 2.05) is 0 Å². The highest BCUT2D eigenvalue weighted by molar-refractivity contribution is 6.58. The molecule has 7 N–H and O–H groups in total. The zero-order valence-electron chi connectivity index (χ0n) is 23.0. The van der Waals surface area contributed by atoms with Crippen LogP contribution < -0.4 is 27.0 Å². The van der Waals surface area contributed by atoms with Crippen LogP contribution in [0.15, 0.2) is 6.07 Å². The van der Waals surface area contributed by atoms with Gasteiger partial charge in [0.25, 0.3) is 0 Å². The maximum absolute atomic E-state index is 14.9. The number of benzene rings is 4. The van der Waals surface area contributed by atoms with E-state index >= 15 is 0 Å². The lowest BCUT2D eigenvalue weighted by atomic mass is 9.71. The van der Waals surface area contributed by atoms with E-state index in [1.165, 1.54) is 0 Å². The molecule has 21 heteroatoms. The number of rotatable bonds is 4. The van der Waals surface area contributed by atoms with E-state index in [0.717, 1.165) is 0 Å². The van der Waals surface area contributed by atoms with Crippen LogP contribution in [0.4, 0.5) is 65.9 Å². The van der Waals surface area contributed by atoms with E-state index in [9.17, 15) is 81.0 Å². The lowest BCUT2D eigenvalue weighted by Crippen LogP contribution is -2.56. The molecule has 0 aliphatic carbocycles. The van der Waals surface area contributed by atoms with Crippen molar-refractivity contribution in [2.24, 2.45) is 0 Å². The lowest BCUT2D eigenvalue weighted by molar-refractivity contribution is -0.341. The van der Waals surface area contributed by atoms with Gasteiger partial charge in [-0.3, -0.25) is 0 Å². The molecule has 5 nitrogen and oxygen atoms in total. The van der Waals surface area contributed by atoms with Crippen LogP contribution in [0.25, 0.3) is 33.4 Å². The largest absolute Gasteiger partial charge is 0.889 e. The summed E-state index contributed by atoms with van der Waals surface area (Å²) in [5, 5.41) is 34.8. The van der Waals surface area contributed by atoms with Crippen LogP contribution in [0.3, 0.4) is 0 Å². The Hall–Kier alpha value is -4.47. The van der Waals surface area contributed by atoms with Crippen LogP contribution in [-0.4, -0.2) is 26.3 Å². The minimum absolute atomic E-state index is 0.415. The summed E-state index contributed by atoms with van der Waals surface area (Å²) in [7, 11) is -0.425. The van der Waals surface area contributed by atoms with Crippen LogP contribution in [0, 0.1) is 87.3 Å². The van der Waals surface area contributed by atoms with Crippen molar-refractivity contribution in [3.63, 3.8) is 0 Å². The summed E-state index contributed by atoms with van der Waals surface area (Å²) in [6, 6.07) is -0.415. The number of phenols is 1. The first kappa shape index (κ1) is 38.7. The topological polar surface area (TPSA) is 122 Å². The minimum atomic E-state index is -3.93. The second-order valence-corrected chi connectivity index (χ2v) is 8.28. The molecule has 254 valence electrons. The van der Waals surface area contributed by atoms with Crippen molar-refractivity contribution in [3.8, 4) is 39.1 Å². The summed E-state index contributed by atoms with van der Waals surface area (Å²) < 4.78 is 214. The molecule has 47 heavy (non-hydrogen) atoms. The Kier molecular flexibility index (Phi) is 12.0. The summed E-state index contributed by atoms with van der Waals surface area (Å²) in [5.41, 5.74) is -9.74. The van der Waals surface area contributed by atoms with Crippen LogP contribution >= 0.6 is 0 Å². The minimum Gasteiger partial charge on any atom is -0.889 e. The molecule has 4 aromatic carbocycles. The first-order chi connectivity index (χ1) is 21.9. The zero-order valence-corrected chi connectivity index (χ0v) is 23.0. The maximum Gasteiger partial charge on any atom is 0.200 e. The molecule has 0 amide bonds. The van der Waals surface area contributed by atoms with E-state index < -0.39 is 145 Å². The molecule has 0 aliphatic rings. The van der Waals surface area contributed by atoms with Gasteiger partial charge >= 0.3 is 0 Å². The molecule has 4 aromatic rings. The molecule has 0 unspecified atom stereocenters. The Morgan fingerprint density at radius 1 is 0.404 bits per heavy atom. The summed E-state index contributed by atoms with van der Waals surface area (Å²) in [5.74, 6) is -46.4. The SMILES string of the molecule is C[NH3+].C[NH3+].[O-]B([O-])c1cc(-c2c(F)c(F)c(F)c(F)c2F)c(O)c(-c2c(F)c(F)c(F)c(F)c2F)c1-c1c(F)c(F)c(F)c(F)c1F. The molecule has 0 aliphatic heterocycles. The third-order valence-corrected chi connectivity index (χ3v) is 5.98. The second kappa shape index (κ2) is 14.5. The van der Waals surface area contributed by atoms with Gasteiger partial charge in [0.2, 0.25) is 17.5 Å². The highest BCUT2D eigenvalue weighted by Gasteiger charge is 2.37. The Balaban J connectivity index is 0.00000185. The van der Waals surface area contributed by atoms with E-state index in [4.69, 9.17) is 0 Å². The average Bonchev–Trinajstić information content (AvgIpc) is 3.06. The van der Waals surface area contributed by atoms with Gasteiger partial charge in [0.05, 0.1) is 30.8 Å². The van der Waals surface area contributed by atoms with Gasteiger partial charge < -0.3 is 26.6 Å². The molecule has 4 rings (SSSR count).